The lowest BCUT2D eigenvalue weighted by atomic mass is 9.89. The van der Waals surface area contributed by atoms with Crippen molar-refractivity contribution < 1.29 is 9.53 Å². The van der Waals surface area contributed by atoms with Gasteiger partial charge in [0.2, 0.25) is 0 Å². The van der Waals surface area contributed by atoms with E-state index in [0.29, 0.717) is 6.42 Å². The Morgan fingerprint density at radius 3 is 2.61 bits per heavy atom. The molecule has 1 aromatic heterocycles. The molecule has 0 amide bonds. The number of fused-ring (bicyclic) bond motifs is 1. The highest BCUT2D eigenvalue weighted by Gasteiger charge is 2.54. The van der Waals surface area contributed by atoms with Crippen LogP contribution in [0.4, 0.5) is 0 Å². The van der Waals surface area contributed by atoms with Crippen LogP contribution in [0, 0.1) is 0 Å². The van der Waals surface area contributed by atoms with E-state index in [1.807, 2.05) is 31.2 Å². The first-order valence-corrected chi connectivity index (χ1v) is 12.0. The number of nitrogens with zero attached hydrogens (tertiary/aromatic N) is 1. The van der Waals surface area contributed by atoms with E-state index in [1.54, 1.807) is 6.20 Å². The summed E-state index contributed by atoms with van der Waals surface area (Å²) in [6.07, 6.45) is 2.26. The van der Waals surface area contributed by atoms with Crippen molar-refractivity contribution in [1.29, 1.82) is 0 Å². The standard InChI is InChI=1S/C18H22BrNO2Si/c1-17(21)12-18(22-23(2,3)4,13-7-5-8-14(19)11-13)16-15(17)9-6-10-20-16/h5-11,21H,12H2,1-4H3. The second-order valence-electron chi connectivity index (χ2n) is 7.40. The lowest BCUT2D eigenvalue weighted by molar-refractivity contribution is -0.00510. The van der Waals surface area contributed by atoms with Crippen LogP contribution in [-0.4, -0.2) is 18.4 Å². The molecule has 23 heavy (non-hydrogen) atoms. The Bertz CT molecular complexity index is 738. The number of aliphatic hydroxyl groups is 1. The van der Waals surface area contributed by atoms with Crippen molar-refractivity contribution in [2.24, 2.45) is 0 Å². The van der Waals surface area contributed by atoms with E-state index in [-0.39, 0.29) is 0 Å². The average Bonchev–Trinajstić information content (AvgIpc) is 2.67. The molecule has 1 N–H and O–H groups in total. The third-order valence-electron chi connectivity index (χ3n) is 4.13. The summed E-state index contributed by atoms with van der Waals surface area (Å²) in [5, 5.41) is 11.0. The van der Waals surface area contributed by atoms with Gasteiger partial charge in [-0.05, 0) is 50.3 Å². The monoisotopic (exact) mass is 391 g/mol. The molecule has 3 nitrogen and oxygen atoms in total. The third-order valence-corrected chi connectivity index (χ3v) is 5.59. The fourth-order valence-corrected chi connectivity index (χ4v) is 5.20. The van der Waals surface area contributed by atoms with Gasteiger partial charge < -0.3 is 9.53 Å². The topological polar surface area (TPSA) is 42.4 Å². The number of rotatable bonds is 3. The van der Waals surface area contributed by atoms with Crippen LogP contribution < -0.4 is 0 Å². The van der Waals surface area contributed by atoms with Gasteiger partial charge >= 0.3 is 0 Å². The molecule has 1 aromatic carbocycles. The molecule has 1 aliphatic rings. The average molecular weight is 392 g/mol. The zero-order valence-corrected chi connectivity index (χ0v) is 16.5. The van der Waals surface area contributed by atoms with Crippen LogP contribution >= 0.6 is 15.9 Å². The van der Waals surface area contributed by atoms with Crippen LogP contribution in [0.1, 0.15) is 30.2 Å². The zero-order valence-electron chi connectivity index (χ0n) is 13.9. The molecule has 2 aromatic rings. The smallest absolute Gasteiger partial charge is 0.185 e. The van der Waals surface area contributed by atoms with E-state index in [4.69, 9.17) is 4.43 Å². The van der Waals surface area contributed by atoms with Gasteiger partial charge in [0.05, 0.1) is 11.3 Å². The molecule has 0 fully saturated rings. The van der Waals surface area contributed by atoms with Crippen molar-refractivity contribution in [2.45, 2.75) is 44.2 Å². The van der Waals surface area contributed by atoms with Crippen LogP contribution in [0.15, 0.2) is 47.1 Å². The van der Waals surface area contributed by atoms with Crippen molar-refractivity contribution >= 4 is 24.2 Å². The number of pyridine rings is 1. The van der Waals surface area contributed by atoms with Gasteiger partial charge in [-0.1, -0.05) is 34.1 Å². The molecule has 0 aliphatic heterocycles. The summed E-state index contributed by atoms with van der Waals surface area (Å²) >= 11 is 3.55. The Morgan fingerprint density at radius 2 is 1.96 bits per heavy atom. The molecule has 0 bridgehead atoms. The van der Waals surface area contributed by atoms with Crippen LogP contribution in [0.2, 0.25) is 19.6 Å². The predicted octanol–water partition coefficient (Wildman–Crippen LogP) is 4.55. The van der Waals surface area contributed by atoms with Gasteiger partial charge in [-0.25, -0.2) is 0 Å². The summed E-state index contributed by atoms with van der Waals surface area (Å²) in [5.41, 5.74) is 1.08. The van der Waals surface area contributed by atoms with E-state index in [9.17, 15) is 5.11 Å². The molecule has 122 valence electrons. The normalized spacial score (nSPS) is 27.0. The highest BCUT2D eigenvalue weighted by Crippen LogP contribution is 2.52. The Balaban J connectivity index is 2.27. The first-order chi connectivity index (χ1) is 10.6. The minimum Gasteiger partial charge on any atom is -0.402 e. The zero-order chi connectivity index (χ0) is 16.9. The summed E-state index contributed by atoms with van der Waals surface area (Å²) in [5.74, 6) is 0. The molecule has 1 aliphatic carbocycles. The lowest BCUT2D eigenvalue weighted by Gasteiger charge is -2.37. The maximum atomic E-state index is 11.0. The summed E-state index contributed by atoms with van der Waals surface area (Å²) in [6, 6.07) is 12.0. The Hall–Kier alpha value is -1.01. The molecule has 1 heterocycles. The molecular weight excluding hydrogens is 370 g/mol. The first-order valence-electron chi connectivity index (χ1n) is 7.79. The predicted molar refractivity (Wildman–Crippen MR) is 97.8 cm³/mol. The molecule has 2 unspecified atom stereocenters. The molecule has 0 radical (unpaired) electrons. The van der Waals surface area contributed by atoms with Gasteiger partial charge in [-0.15, -0.1) is 0 Å². The summed E-state index contributed by atoms with van der Waals surface area (Å²) in [7, 11) is -1.89. The Kier molecular flexibility index (Phi) is 4.04. The summed E-state index contributed by atoms with van der Waals surface area (Å²) < 4.78 is 7.68. The van der Waals surface area contributed by atoms with E-state index < -0.39 is 19.5 Å². The van der Waals surface area contributed by atoms with Crippen LogP contribution in [0.25, 0.3) is 0 Å². The molecular formula is C18H22BrNO2Si. The van der Waals surface area contributed by atoms with Crippen molar-refractivity contribution in [2.75, 3.05) is 0 Å². The van der Waals surface area contributed by atoms with E-state index in [0.717, 1.165) is 21.3 Å². The number of hydrogen-bond acceptors (Lipinski definition) is 3. The fourth-order valence-electron chi connectivity index (χ4n) is 3.47. The molecule has 0 spiro atoms. The second kappa shape index (κ2) is 5.52. The third kappa shape index (κ3) is 3.03. The molecule has 5 heteroatoms. The van der Waals surface area contributed by atoms with Crippen molar-refractivity contribution in [1.82, 2.24) is 4.98 Å². The maximum Gasteiger partial charge on any atom is 0.185 e. The molecule has 0 saturated carbocycles. The number of halogens is 1. The van der Waals surface area contributed by atoms with Crippen LogP contribution in [0.5, 0.6) is 0 Å². The van der Waals surface area contributed by atoms with Gasteiger partial charge in [0.15, 0.2) is 8.32 Å². The fraction of sp³-hybridized carbons (Fsp3) is 0.389. The molecule has 0 saturated heterocycles. The lowest BCUT2D eigenvalue weighted by Crippen LogP contribution is -2.41. The minimum absolute atomic E-state index is 0.479. The number of benzene rings is 1. The Morgan fingerprint density at radius 1 is 1.22 bits per heavy atom. The van der Waals surface area contributed by atoms with Gasteiger partial charge in [0.25, 0.3) is 0 Å². The maximum absolute atomic E-state index is 11.0. The molecule has 2 atom stereocenters. The largest absolute Gasteiger partial charge is 0.402 e. The second-order valence-corrected chi connectivity index (χ2v) is 12.7. The Labute approximate surface area is 147 Å². The van der Waals surface area contributed by atoms with Crippen LogP contribution in [0.3, 0.4) is 0 Å². The van der Waals surface area contributed by atoms with Gasteiger partial charge in [-0.3, -0.25) is 4.98 Å². The van der Waals surface area contributed by atoms with Gasteiger partial charge in [0, 0.05) is 22.7 Å². The number of hydrogen-bond donors (Lipinski definition) is 1. The van der Waals surface area contributed by atoms with E-state index in [1.165, 1.54) is 0 Å². The quantitative estimate of drug-likeness (QED) is 0.780. The minimum atomic E-state index is -1.89. The van der Waals surface area contributed by atoms with Crippen molar-refractivity contribution in [3.63, 3.8) is 0 Å². The van der Waals surface area contributed by atoms with E-state index in [2.05, 4.69) is 52.7 Å². The highest BCUT2D eigenvalue weighted by molar-refractivity contribution is 9.10. The summed E-state index contributed by atoms with van der Waals surface area (Å²) in [6.45, 7) is 8.36. The first kappa shape index (κ1) is 16.8. The molecule has 3 rings (SSSR count). The SMILES string of the molecule is CC1(O)CC(O[Si](C)(C)C)(c2cccc(Br)c2)c2ncccc21. The number of aromatic nitrogens is 1. The van der Waals surface area contributed by atoms with E-state index >= 15 is 0 Å². The van der Waals surface area contributed by atoms with Crippen molar-refractivity contribution in [3.8, 4) is 0 Å². The summed E-state index contributed by atoms with van der Waals surface area (Å²) in [4.78, 5) is 4.62. The van der Waals surface area contributed by atoms with Crippen LogP contribution in [-0.2, 0) is 15.6 Å². The highest BCUT2D eigenvalue weighted by atomic mass is 79.9. The van der Waals surface area contributed by atoms with Gasteiger partial charge in [0.1, 0.15) is 5.60 Å². The van der Waals surface area contributed by atoms with Crippen molar-refractivity contribution in [3.05, 3.63) is 63.9 Å². The van der Waals surface area contributed by atoms with Gasteiger partial charge in [-0.2, -0.15) is 0 Å².